The molecule has 6 heteroatoms. The molecule has 1 N–H and O–H groups in total. The average molecular weight is 390 g/mol. The van der Waals surface area contributed by atoms with Gasteiger partial charge in [-0.2, -0.15) is 0 Å². The smallest absolute Gasteiger partial charge is 0.239 e. The van der Waals surface area contributed by atoms with Gasteiger partial charge in [0.1, 0.15) is 6.10 Å². The lowest BCUT2D eigenvalue weighted by Crippen LogP contribution is -2.52. The molecule has 2 atom stereocenters. The lowest BCUT2D eigenvalue weighted by atomic mass is 10.0. The molecule has 0 spiro atoms. The molecule has 0 bridgehead atoms. The van der Waals surface area contributed by atoms with Gasteiger partial charge in [0.15, 0.2) is 0 Å². The summed E-state index contributed by atoms with van der Waals surface area (Å²) in [5.41, 5.74) is 1.13. The van der Waals surface area contributed by atoms with Crippen LogP contribution in [0.5, 0.6) is 0 Å². The van der Waals surface area contributed by atoms with Crippen molar-refractivity contribution in [2.45, 2.75) is 31.4 Å². The second-order valence-corrected chi connectivity index (χ2v) is 6.61. The Balaban J connectivity index is 0.00000176. The van der Waals surface area contributed by atoms with E-state index in [1.54, 1.807) is 0 Å². The van der Waals surface area contributed by atoms with Gasteiger partial charge in [0, 0.05) is 11.0 Å². The highest BCUT2D eigenvalue weighted by Crippen LogP contribution is 2.24. The molecule has 2 aliphatic heterocycles. The van der Waals surface area contributed by atoms with E-state index in [4.69, 9.17) is 4.74 Å². The first kappa shape index (κ1) is 17.7. The minimum Gasteiger partial charge on any atom is -0.370 e. The van der Waals surface area contributed by atoms with Crippen molar-refractivity contribution in [3.63, 3.8) is 0 Å². The minimum atomic E-state index is -0.0145. The molecule has 2 saturated heterocycles. The lowest BCUT2D eigenvalue weighted by Gasteiger charge is -2.36. The molecule has 0 saturated carbocycles. The number of carbonyl (C=O) groups excluding carboxylic acids is 1. The van der Waals surface area contributed by atoms with Gasteiger partial charge in [0.05, 0.1) is 19.2 Å². The third kappa shape index (κ3) is 4.22. The van der Waals surface area contributed by atoms with Crippen molar-refractivity contribution < 1.29 is 9.53 Å². The number of carbonyl (C=O) groups is 1. The van der Waals surface area contributed by atoms with Crippen LogP contribution in [0.25, 0.3) is 0 Å². The van der Waals surface area contributed by atoms with Crippen LogP contribution in [0.2, 0.25) is 0 Å². The Morgan fingerprint density at radius 1 is 1.27 bits per heavy atom. The molecule has 22 heavy (non-hydrogen) atoms. The molecule has 1 aromatic carbocycles. The molecule has 4 nitrogen and oxygen atoms in total. The monoisotopic (exact) mass is 388 g/mol. The van der Waals surface area contributed by atoms with Crippen LogP contribution < -0.4 is 5.32 Å². The van der Waals surface area contributed by atoms with Crippen molar-refractivity contribution in [1.29, 1.82) is 0 Å². The third-order valence-corrected chi connectivity index (χ3v) is 4.76. The van der Waals surface area contributed by atoms with Crippen molar-refractivity contribution in [1.82, 2.24) is 10.2 Å². The SMILES string of the molecule is Cl.O=C(C1CCCCN1)N1CCOC(c2ccc(Br)cc2)C1. The zero-order valence-corrected chi connectivity index (χ0v) is 14.9. The highest BCUT2D eigenvalue weighted by atomic mass is 79.9. The first-order valence-corrected chi connectivity index (χ1v) is 8.42. The lowest BCUT2D eigenvalue weighted by molar-refractivity contribution is -0.141. The van der Waals surface area contributed by atoms with Crippen LogP contribution in [-0.2, 0) is 9.53 Å². The highest BCUT2D eigenvalue weighted by molar-refractivity contribution is 9.10. The maximum atomic E-state index is 12.6. The summed E-state index contributed by atoms with van der Waals surface area (Å²) in [7, 11) is 0. The Labute approximate surface area is 146 Å². The summed E-state index contributed by atoms with van der Waals surface area (Å²) < 4.78 is 6.90. The van der Waals surface area contributed by atoms with Crippen LogP contribution >= 0.6 is 28.3 Å². The number of amides is 1. The minimum absolute atomic E-state index is 0. The summed E-state index contributed by atoms with van der Waals surface area (Å²) >= 11 is 3.44. The van der Waals surface area contributed by atoms with Gasteiger partial charge in [0.2, 0.25) is 5.91 Å². The molecular weight excluding hydrogens is 368 g/mol. The van der Waals surface area contributed by atoms with Gasteiger partial charge < -0.3 is 15.0 Å². The Morgan fingerprint density at radius 2 is 2.05 bits per heavy atom. The van der Waals surface area contributed by atoms with E-state index >= 15 is 0 Å². The van der Waals surface area contributed by atoms with Gasteiger partial charge >= 0.3 is 0 Å². The number of ether oxygens (including phenoxy) is 1. The topological polar surface area (TPSA) is 41.6 Å². The standard InChI is InChI=1S/C16H21BrN2O2.ClH/c17-13-6-4-12(5-7-13)15-11-19(9-10-21-15)16(20)14-3-1-2-8-18-14;/h4-7,14-15,18H,1-3,8-11H2;1H. The van der Waals surface area contributed by atoms with Crippen molar-refractivity contribution >= 4 is 34.2 Å². The fourth-order valence-electron chi connectivity index (χ4n) is 3.01. The normalized spacial score (nSPS) is 25.4. The number of halogens is 2. The van der Waals surface area contributed by atoms with E-state index in [2.05, 4.69) is 33.4 Å². The zero-order valence-electron chi connectivity index (χ0n) is 12.5. The Kier molecular flexibility index (Phi) is 6.68. The van der Waals surface area contributed by atoms with Crippen LogP contribution in [0.4, 0.5) is 0 Å². The van der Waals surface area contributed by atoms with Crippen molar-refractivity contribution in [2.24, 2.45) is 0 Å². The first-order chi connectivity index (χ1) is 10.2. The second kappa shape index (κ2) is 8.29. The van der Waals surface area contributed by atoms with Crippen LogP contribution in [-0.4, -0.2) is 43.1 Å². The van der Waals surface area contributed by atoms with Crippen molar-refractivity contribution in [3.05, 3.63) is 34.3 Å². The summed E-state index contributed by atoms with van der Waals surface area (Å²) in [6, 6.07) is 8.15. The first-order valence-electron chi connectivity index (χ1n) is 7.63. The van der Waals surface area contributed by atoms with E-state index in [9.17, 15) is 4.79 Å². The number of hydrogen-bond acceptors (Lipinski definition) is 3. The number of hydrogen-bond donors (Lipinski definition) is 1. The quantitative estimate of drug-likeness (QED) is 0.845. The molecule has 122 valence electrons. The van der Waals surface area contributed by atoms with Crippen molar-refractivity contribution in [3.8, 4) is 0 Å². The van der Waals surface area contributed by atoms with Crippen LogP contribution in [0, 0.1) is 0 Å². The van der Waals surface area contributed by atoms with E-state index < -0.39 is 0 Å². The average Bonchev–Trinajstić information content (AvgIpc) is 2.56. The number of benzene rings is 1. The van der Waals surface area contributed by atoms with Gasteiger partial charge in [-0.3, -0.25) is 4.79 Å². The molecule has 0 radical (unpaired) electrons. The molecule has 1 aromatic rings. The molecule has 1 amide bonds. The van der Waals surface area contributed by atoms with Crippen molar-refractivity contribution in [2.75, 3.05) is 26.2 Å². The molecule has 0 aromatic heterocycles. The number of morpholine rings is 1. The molecular formula is C16H22BrClN2O2. The van der Waals surface area contributed by atoms with Crippen LogP contribution in [0.1, 0.15) is 30.9 Å². The summed E-state index contributed by atoms with van der Waals surface area (Å²) in [4.78, 5) is 14.5. The third-order valence-electron chi connectivity index (χ3n) is 4.23. The zero-order chi connectivity index (χ0) is 14.7. The summed E-state index contributed by atoms with van der Waals surface area (Å²) in [6.45, 7) is 2.92. The Bertz CT molecular complexity index is 491. The molecule has 2 fully saturated rings. The fraction of sp³-hybridized carbons (Fsp3) is 0.562. The van der Waals surface area contributed by atoms with Gasteiger partial charge in [-0.15, -0.1) is 12.4 Å². The van der Waals surface area contributed by atoms with Gasteiger partial charge in [-0.1, -0.05) is 34.5 Å². The molecule has 2 unspecified atom stereocenters. The predicted molar refractivity (Wildman–Crippen MR) is 92.3 cm³/mol. The van der Waals surface area contributed by atoms with Crippen LogP contribution in [0.15, 0.2) is 28.7 Å². The number of nitrogens with one attached hydrogen (secondary N) is 1. The maximum absolute atomic E-state index is 12.6. The van der Waals surface area contributed by atoms with Gasteiger partial charge in [-0.05, 0) is 37.1 Å². The second-order valence-electron chi connectivity index (χ2n) is 5.70. The van der Waals surface area contributed by atoms with Gasteiger partial charge in [0.25, 0.3) is 0 Å². The molecule has 3 rings (SSSR count). The van der Waals surface area contributed by atoms with E-state index in [1.807, 2.05) is 17.0 Å². The van der Waals surface area contributed by atoms with E-state index in [0.717, 1.165) is 29.4 Å². The Hall–Kier alpha value is -0.620. The largest absolute Gasteiger partial charge is 0.370 e. The number of nitrogens with zero attached hydrogens (tertiary/aromatic N) is 1. The maximum Gasteiger partial charge on any atom is 0.239 e. The van der Waals surface area contributed by atoms with E-state index in [-0.39, 0.29) is 30.5 Å². The fourth-order valence-corrected chi connectivity index (χ4v) is 3.28. The summed E-state index contributed by atoms with van der Waals surface area (Å²) in [6.07, 6.45) is 3.26. The Morgan fingerprint density at radius 3 is 2.73 bits per heavy atom. The number of piperidine rings is 1. The predicted octanol–water partition coefficient (Wildman–Crippen LogP) is 2.91. The molecule has 0 aliphatic carbocycles. The summed E-state index contributed by atoms with van der Waals surface area (Å²) in [5, 5.41) is 3.34. The molecule has 2 aliphatic rings. The molecule has 2 heterocycles. The van der Waals surface area contributed by atoms with Crippen LogP contribution in [0.3, 0.4) is 0 Å². The van der Waals surface area contributed by atoms with Gasteiger partial charge in [-0.25, -0.2) is 0 Å². The van der Waals surface area contributed by atoms with E-state index in [0.29, 0.717) is 19.7 Å². The highest BCUT2D eigenvalue weighted by Gasteiger charge is 2.30. The summed E-state index contributed by atoms with van der Waals surface area (Å²) in [5.74, 6) is 0.236. The van der Waals surface area contributed by atoms with E-state index in [1.165, 1.54) is 6.42 Å². The number of rotatable bonds is 2.